The number of aromatic amines is 1. The van der Waals surface area contributed by atoms with E-state index in [0.29, 0.717) is 12.2 Å². The monoisotopic (exact) mass is 223 g/mol. The summed E-state index contributed by atoms with van der Waals surface area (Å²) in [5, 5.41) is 9.50. The minimum Gasteiger partial charge on any atom is -0.378 e. The molecule has 0 bridgehead atoms. The van der Waals surface area contributed by atoms with Crippen LogP contribution in [-0.2, 0) is 9.53 Å². The molecular weight excluding hydrogens is 206 g/mol. The zero-order valence-corrected chi connectivity index (χ0v) is 9.67. The number of amides is 1. The van der Waals surface area contributed by atoms with Gasteiger partial charge in [0.05, 0.1) is 12.0 Å². The number of ether oxygens (including phenoxy) is 1. The summed E-state index contributed by atoms with van der Waals surface area (Å²) in [7, 11) is 1.67. The molecule has 0 aromatic carbocycles. The van der Waals surface area contributed by atoms with E-state index in [1.807, 2.05) is 6.92 Å². The van der Waals surface area contributed by atoms with Crippen LogP contribution >= 0.6 is 0 Å². The molecule has 1 amide bonds. The Morgan fingerprint density at radius 3 is 2.88 bits per heavy atom. The molecule has 2 N–H and O–H groups in total. The SMILES string of the molecule is COC1(CC(=O)Nc2cc(C)[nH]n2)CCC1. The van der Waals surface area contributed by atoms with Crippen molar-refractivity contribution in [1.82, 2.24) is 10.2 Å². The van der Waals surface area contributed by atoms with Crippen molar-refractivity contribution in [3.8, 4) is 0 Å². The Labute approximate surface area is 94.6 Å². The molecule has 0 saturated heterocycles. The number of H-pyrrole nitrogens is 1. The second-order valence-corrected chi connectivity index (χ2v) is 4.40. The summed E-state index contributed by atoms with van der Waals surface area (Å²) < 4.78 is 5.40. The second-order valence-electron chi connectivity index (χ2n) is 4.40. The van der Waals surface area contributed by atoms with E-state index in [0.717, 1.165) is 25.0 Å². The molecule has 1 aliphatic rings. The average Bonchev–Trinajstić information content (AvgIpc) is 2.57. The van der Waals surface area contributed by atoms with Crippen LogP contribution in [-0.4, -0.2) is 28.8 Å². The van der Waals surface area contributed by atoms with Crippen LogP contribution in [0.25, 0.3) is 0 Å². The Hall–Kier alpha value is -1.36. The molecule has 1 aromatic heterocycles. The van der Waals surface area contributed by atoms with Gasteiger partial charge in [-0.2, -0.15) is 5.10 Å². The van der Waals surface area contributed by atoms with Crippen molar-refractivity contribution in [1.29, 1.82) is 0 Å². The molecule has 0 radical (unpaired) electrons. The van der Waals surface area contributed by atoms with E-state index in [1.165, 1.54) is 0 Å². The zero-order valence-electron chi connectivity index (χ0n) is 9.67. The van der Waals surface area contributed by atoms with Gasteiger partial charge in [-0.25, -0.2) is 0 Å². The Kier molecular flexibility index (Phi) is 2.96. The molecule has 5 nitrogen and oxygen atoms in total. The lowest BCUT2D eigenvalue weighted by Gasteiger charge is -2.39. The van der Waals surface area contributed by atoms with Gasteiger partial charge >= 0.3 is 0 Å². The van der Waals surface area contributed by atoms with Crippen LogP contribution in [0.1, 0.15) is 31.4 Å². The minimum atomic E-state index is -0.227. The Bertz CT molecular complexity index is 377. The van der Waals surface area contributed by atoms with Gasteiger partial charge in [0, 0.05) is 18.9 Å². The van der Waals surface area contributed by atoms with Gasteiger partial charge in [0.15, 0.2) is 5.82 Å². The van der Waals surface area contributed by atoms with Crippen molar-refractivity contribution in [2.75, 3.05) is 12.4 Å². The number of anilines is 1. The molecule has 88 valence electrons. The number of rotatable bonds is 4. The second kappa shape index (κ2) is 4.25. The van der Waals surface area contributed by atoms with Gasteiger partial charge in [-0.15, -0.1) is 0 Å². The molecule has 16 heavy (non-hydrogen) atoms. The first-order valence-corrected chi connectivity index (χ1v) is 5.51. The Balaban J connectivity index is 1.89. The van der Waals surface area contributed by atoms with Gasteiger partial charge in [0.2, 0.25) is 5.91 Å². The lowest BCUT2D eigenvalue weighted by Crippen LogP contribution is -2.42. The summed E-state index contributed by atoms with van der Waals surface area (Å²) in [4.78, 5) is 11.7. The third-order valence-corrected chi connectivity index (χ3v) is 3.15. The molecule has 1 fully saturated rings. The average molecular weight is 223 g/mol. The number of aryl methyl sites for hydroxylation is 1. The number of hydrogen-bond acceptors (Lipinski definition) is 3. The molecule has 1 aliphatic carbocycles. The maximum atomic E-state index is 11.7. The van der Waals surface area contributed by atoms with Crippen LogP contribution in [0.2, 0.25) is 0 Å². The van der Waals surface area contributed by atoms with E-state index < -0.39 is 0 Å². The molecule has 0 atom stereocenters. The highest BCUT2D eigenvalue weighted by molar-refractivity contribution is 5.90. The minimum absolute atomic E-state index is 0.0342. The summed E-state index contributed by atoms with van der Waals surface area (Å²) in [6, 6.07) is 1.80. The third kappa shape index (κ3) is 2.24. The van der Waals surface area contributed by atoms with Crippen molar-refractivity contribution in [2.24, 2.45) is 0 Å². The molecule has 5 heteroatoms. The highest BCUT2D eigenvalue weighted by Gasteiger charge is 2.39. The van der Waals surface area contributed by atoms with Crippen LogP contribution in [0.4, 0.5) is 5.82 Å². The lowest BCUT2D eigenvalue weighted by molar-refractivity contribution is -0.129. The van der Waals surface area contributed by atoms with Crippen molar-refractivity contribution in [3.05, 3.63) is 11.8 Å². The molecule has 0 unspecified atom stereocenters. The first-order valence-electron chi connectivity index (χ1n) is 5.51. The summed E-state index contributed by atoms with van der Waals surface area (Å²) >= 11 is 0. The van der Waals surface area contributed by atoms with Crippen molar-refractivity contribution >= 4 is 11.7 Å². The molecule has 0 spiro atoms. The molecular formula is C11H17N3O2. The van der Waals surface area contributed by atoms with Crippen LogP contribution in [0.3, 0.4) is 0 Å². The third-order valence-electron chi connectivity index (χ3n) is 3.15. The topological polar surface area (TPSA) is 67.0 Å². The van der Waals surface area contributed by atoms with E-state index in [2.05, 4.69) is 15.5 Å². The highest BCUT2D eigenvalue weighted by Crippen LogP contribution is 2.38. The molecule has 1 aromatic rings. The van der Waals surface area contributed by atoms with E-state index in [-0.39, 0.29) is 11.5 Å². The zero-order chi connectivity index (χ0) is 11.6. The van der Waals surface area contributed by atoms with Crippen molar-refractivity contribution in [2.45, 2.75) is 38.2 Å². The highest BCUT2D eigenvalue weighted by atomic mass is 16.5. The predicted molar refractivity (Wildman–Crippen MR) is 60.2 cm³/mol. The summed E-state index contributed by atoms with van der Waals surface area (Å²) in [6.07, 6.45) is 3.49. The van der Waals surface area contributed by atoms with Gasteiger partial charge in [0.25, 0.3) is 0 Å². The van der Waals surface area contributed by atoms with Crippen LogP contribution < -0.4 is 5.32 Å². The quantitative estimate of drug-likeness (QED) is 0.815. The van der Waals surface area contributed by atoms with E-state index in [1.54, 1.807) is 13.2 Å². The molecule has 1 heterocycles. The summed E-state index contributed by atoms with van der Waals surface area (Å²) in [5.41, 5.74) is 0.704. The fourth-order valence-corrected chi connectivity index (χ4v) is 1.99. The summed E-state index contributed by atoms with van der Waals surface area (Å²) in [6.45, 7) is 1.89. The van der Waals surface area contributed by atoms with Gasteiger partial charge < -0.3 is 10.1 Å². The molecule has 0 aliphatic heterocycles. The van der Waals surface area contributed by atoms with E-state index in [9.17, 15) is 4.79 Å². The standard InChI is InChI=1S/C11H17N3O2/c1-8-6-9(14-13-8)12-10(15)7-11(16-2)4-3-5-11/h6H,3-5,7H2,1-2H3,(H2,12,13,14,15). The number of carbonyl (C=O) groups excluding carboxylic acids is 1. The number of methoxy groups -OCH3 is 1. The number of nitrogens with one attached hydrogen (secondary N) is 2. The fraction of sp³-hybridized carbons (Fsp3) is 0.636. The Morgan fingerprint density at radius 1 is 1.69 bits per heavy atom. The largest absolute Gasteiger partial charge is 0.378 e. The van der Waals surface area contributed by atoms with Crippen LogP contribution in [0.15, 0.2) is 6.07 Å². The first-order chi connectivity index (χ1) is 7.63. The lowest BCUT2D eigenvalue weighted by atomic mass is 9.77. The molecule has 1 saturated carbocycles. The Morgan fingerprint density at radius 2 is 2.44 bits per heavy atom. The van der Waals surface area contributed by atoms with Crippen molar-refractivity contribution < 1.29 is 9.53 Å². The number of carbonyl (C=O) groups is 1. The van der Waals surface area contributed by atoms with Gasteiger partial charge in [-0.05, 0) is 26.2 Å². The van der Waals surface area contributed by atoms with Crippen molar-refractivity contribution in [3.63, 3.8) is 0 Å². The van der Waals surface area contributed by atoms with Crippen LogP contribution in [0, 0.1) is 6.92 Å². The predicted octanol–water partition coefficient (Wildman–Crippen LogP) is 1.62. The maximum Gasteiger partial charge on any atom is 0.228 e. The number of nitrogens with zero attached hydrogens (tertiary/aromatic N) is 1. The van der Waals surface area contributed by atoms with E-state index in [4.69, 9.17) is 4.74 Å². The maximum absolute atomic E-state index is 11.7. The summed E-state index contributed by atoms with van der Waals surface area (Å²) in [5.74, 6) is 0.543. The fourth-order valence-electron chi connectivity index (χ4n) is 1.99. The van der Waals surface area contributed by atoms with E-state index >= 15 is 0 Å². The smallest absolute Gasteiger partial charge is 0.228 e. The van der Waals surface area contributed by atoms with Gasteiger partial charge in [0.1, 0.15) is 0 Å². The van der Waals surface area contributed by atoms with Gasteiger partial charge in [-0.1, -0.05) is 0 Å². The van der Waals surface area contributed by atoms with Gasteiger partial charge in [-0.3, -0.25) is 9.89 Å². The molecule has 2 rings (SSSR count). The normalized spacial score (nSPS) is 17.9. The first kappa shape index (κ1) is 11.1. The van der Waals surface area contributed by atoms with Crippen LogP contribution in [0.5, 0.6) is 0 Å². The number of aromatic nitrogens is 2. The number of hydrogen-bond donors (Lipinski definition) is 2.